The summed E-state index contributed by atoms with van der Waals surface area (Å²) in [6, 6.07) is 28.4. The van der Waals surface area contributed by atoms with Gasteiger partial charge in [-0.05, 0) is 58.0 Å². The standard InChI is InChI=1S/C31H28N6O4S/c38-19-21-11-13-22(14-12-21)28-17-27(20-42-31-34-35-36-37(31)26-9-2-1-3-10-26)40-30(41-28)23-6-4-8-25(16-23)33-29(39)24-7-5-15-32-18-24/h1-16,18,27-28,30,38H,17,19-20H2,(H,33,39)/t27-,28+,30+/m1/s1. The van der Waals surface area contributed by atoms with Crippen LogP contribution in [0.3, 0.4) is 0 Å². The second-order valence-electron chi connectivity index (χ2n) is 9.69. The average molecular weight is 581 g/mol. The lowest BCUT2D eigenvalue weighted by Crippen LogP contribution is -2.31. The summed E-state index contributed by atoms with van der Waals surface area (Å²) < 4.78 is 14.7. The molecule has 2 aromatic heterocycles. The number of rotatable bonds is 9. The smallest absolute Gasteiger partial charge is 0.257 e. The molecule has 0 spiro atoms. The second-order valence-corrected chi connectivity index (χ2v) is 10.7. The molecule has 1 fully saturated rings. The minimum atomic E-state index is -0.674. The maximum atomic E-state index is 12.7. The van der Waals surface area contributed by atoms with Gasteiger partial charge < -0.3 is 19.9 Å². The molecule has 212 valence electrons. The molecule has 1 saturated heterocycles. The van der Waals surface area contributed by atoms with Crippen LogP contribution in [-0.2, 0) is 16.1 Å². The summed E-state index contributed by atoms with van der Waals surface area (Å²) in [5.41, 5.74) is 4.57. The summed E-state index contributed by atoms with van der Waals surface area (Å²) in [6.07, 6.45) is 2.65. The van der Waals surface area contributed by atoms with E-state index in [0.717, 1.165) is 22.4 Å². The van der Waals surface area contributed by atoms with E-state index in [1.54, 1.807) is 23.0 Å². The zero-order valence-electron chi connectivity index (χ0n) is 22.5. The Kier molecular flexibility index (Phi) is 8.61. The predicted molar refractivity (Wildman–Crippen MR) is 157 cm³/mol. The maximum absolute atomic E-state index is 12.7. The van der Waals surface area contributed by atoms with Crippen molar-refractivity contribution in [3.8, 4) is 5.69 Å². The summed E-state index contributed by atoms with van der Waals surface area (Å²) in [5, 5.41) is 25.3. The number of aliphatic hydroxyl groups excluding tert-OH is 1. The number of ether oxygens (including phenoxy) is 2. The lowest BCUT2D eigenvalue weighted by molar-refractivity contribution is -0.245. The van der Waals surface area contributed by atoms with Crippen LogP contribution in [0.5, 0.6) is 0 Å². The highest BCUT2D eigenvalue weighted by atomic mass is 32.2. The predicted octanol–water partition coefficient (Wildman–Crippen LogP) is 5.14. The number of hydrogen-bond acceptors (Lipinski definition) is 9. The van der Waals surface area contributed by atoms with Crippen LogP contribution in [0.1, 0.15) is 45.9 Å². The van der Waals surface area contributed by atoms with Gasteiger partial charge in [0.2, 0.25) is 5.16 Å². The van der Waals surface area contributed by atoms with Crippen molar-refractivity contribution in [3.63, 3.8) is 0 Å². The van der Waals surface area contributed by atoms with Crippen LogP contribution in [0.25, 0.3) is 5.69 Å². The lowest BCUT2D eigenvalue weighted by Gasteiger charge is -2.36. The van der Waals surface area contributed by atoms with Crippen molar-refractivity contribution in [3.05, 3.63) is 126 Å². The van der Waals surface area contributed by atoms with Crippen LogP contribution < -0.4 is 5.32 Å². The van der Waals surface area contributed by atoms with Crippen LogP contribution in [0.15, 0.2) is 109 Å². The normalized spacial score (nSPS) is 18.5. The van der Waals surface area contributed by atoms with E-state index in [1.807, 2.05) is 78.9 Å². The zero-order valence-corrected chi connectivity index (χ0v) is 23.3. The number of anilines is 1. The monoisotopic (exact) mass is 580 g/mol. The highest BCUT2D eigenvalue weighted by Gasteiger charge is 2.33. The number of carbonyl (C=O) groups is 1. The van der Waals surface area contributed by atoms with Crippen LogP contribution in [0.4, 0.5) is 5.69 Å². The fourth-order valence-electron chi connectivity index (χ4n) is 4.65. The molecule has 2 N–H and O–H groups in total. The highest BCUT2D eigenvalue weighted by molar-refractivity contribution is 7.99. The Morgan fingerprint density at radius 3 is 2.62 bits per heavy atom. The highest BCUT2D eigenvalue weighted by Crippen LogP contribution is 2.40. The van der Waals surface area contributed by atoms with Crippen molar-refractivity contribution in [2.24, 2.45) is 0 Å². The average Bonchev–Trinajstić information content (AvgIpc) is 3.53. The van der Waals surface area contributed by atoms with Gasteiger partial charge in [0.1, 0.15) is 0 Å². The van der Waals surface area contributed by atoms with E-state index < -0.39 is 6.29 Å². The molecule has 10 nitrogen and oxygen atoms in total. The van der Waals surface area contributed by atoms with Crippen molar-refractivity contribution in [1.29, 1.82) is 0 Å². The molecule has 0 bridgehead atoms. The van der Waals surface area contributed by atoms with Gasteiger partial charge in [0.15, 0.2) is 6.29 Å². The second kappa shape index (κ2) is 13.0. The van der Waals surface area contributed by atoms with Gasteiger partial charge >= 0.3 is 0 Å². The van der Waals surface area contributed by atoms with E-state index in [2.05, 4.69) is 25.8 Å². The van der Waals surface area contributed by atoms with Crippen molar-refractivity contribution in [2.45, 2.75) is 36.7 Å². The van der Waals surface area contributed by atoms with E-state index >= 15 is 0 Å². The van der Waals surface area contributed by atoms with E-state index in [-0.39, 0.29) is 24.7 Å². The Balaban J connectivity index is 1.22. The number of nitrogens with zero attached hydrogens (tertiary/aromatic N) is 5. The van der Waals surface area contributed by atoms with Gasteiger partial charge in [0.05, 0.1) is 30.1 Å². The molecule has 5 aromatic rings. The van der Waals surface area contributed by atoms with E-state index in [4.69, 9.17) is 9.47 Å². The molecule has 0 saturated carbocycles. The molecule has 3 heterocycles. The van der Waals surface area contributed by atoms with Gasteiger partial charge in [-0.2, -0.15) is 4.68 Å². The minimum absolute atomic E-state index is 0.0233. The third kappa shape index (κ3) is 6.55. The first-order valence-electron chi connectivity index (χ1n) is 13.4. The number of aromatic nitrogens is 5. The largest absolute Gasteiger partial charge is 0.392 e. The molecule has 0 unspecified atom stereocenters. The Hall–Kier alpha value is -4.42. The molecule has 0 radical (unpaired) electrons. The number of pyridine rings is 1. The Morgan fingerprint density at radius 1 is 0.976 bits per heavy atom. The van der Waals surface area contributed by atoms with E-state index in [0.29, 0.717) is 28.6 Å². The van der Waals surface area contributed by atoms with Gasteiger partial charge in [-0.25, -0.2) is 0 Å². The van der Waals surface area contributed by atoms with E-state index in [9.17, 15) is 9.90 Å². The molecule has 1 aliphatic heterocycles. The summed E-state index contributed by atoms with van der Waals surface area (Å²) in [5.74, 6) is 0.341. The summed E-state index contributed by atoms with van der Waals surface area (Å²) in [7, 11) is 0. The first-order valence-corrected chi connectivity index (χ1v) is 14.4. The molecule has 3 atom stereocenters. The Morgan fingerprint density at radius 2 is 1.83 bits per heavy atom. The van der Waals surface area contributed by atoms with Gasteiger partial charge in [-0.1, -0.05) is 66.4 Å². The quantitative estimate of drug-likeness (QED) is 0.228. The summed E-state index contributed by atoms with van der Waals surface area (Å²) in [4.78, 5) is 16.7. The number of carbonyl (C=O) groups excluding carboxylic acids is 1. The molecule has 3 aromatic carbocycles. The first kappa shape index (κ1) is 27.7. The molecule has 42 heavy (non-hydrogen) atoms. The number of para-hydroxylation sites is 1. The minimum Gasteiger partial charge on any atom is -0.392 e. The van der Waals surface area contributed by atoms with Crippen LogP contribution >= 0.6 is 11.8 Å². The Labute approximate surface area is 246 Å². The third-order valence-corrected chi connectivity index (χ3v) is 7.85. The first-order chi connectivity index (χ1) is 20.7. The molecular weight excluding hydrogens is 552 g/mol. The number of tetrazole rings is 1. The van der Waals surface area contributed by atoms with Gasteiger partial charge in [0.25, 0.3) is 5.91 Å². The summed E-state index contributed by atoms with van der Waals surface area (Å²) >= 11 is 1.52. The third-order valence-electron chi connectivity index (χ3n) is 6.80. The zero-order chi connectivity index (χ0) is 28.7. The van der Waals surface area contributed by atoms with Crippen LogP contribution in [0.2, 0.25) is 0 Å². The molecular formula is C31H28N6O4S. The van der Waals surface area contributed by atoms with Gasteiger partial charge in [0, 0.05) is 35.8 Å². The van der Waals surface area contributed by atoms with Crippen molar-refractivity contribution in [2.75, 3.05) is 11.1 Å². The van der Waals surface area contributed by atoms with Gasteiger partial charge in [-0.3, -0.25) is 9.78 Å². The molecule has 11 heteroatoms. The number of nitrogens with one attached hydrogen (secondary N) is 1. The van der Waals surface area contributed by atoms with Gasteiger partial charge in [-0.15, -0.1) is 5.10 Å². The summed E-state index contributed by atoms with van der Waals surface area (Å²) in [6.45, 7) is -0.0233. The molecule has 0 aliphatic carbocycles. The number of amides is 1. The number of aliphatic hydroxyl groups is 1. The fourth-order valence-corrected chi connectivity index (χ4v) is 5.56. The number of thioether (sulfide) groups is 1. The van der Waals surface area contributed by atoms with Crippen LogP contribution in [-0.4, -0.2) is 48.1 Å². The van der Waals surface area contributed by atoms with Crippen LogP contribution in [0, 0.1) is 0 Å². The lowest BCUT2D eigenvalue weighted by atomic mass is 10.0. The Bertz CT molecular complexity index is 1620. The maximum Gasteiger partial charge on any atom is 0.257 e. The fraction of sp³-hybridized carbons (Fsp3) is 0.194. The topological polar surface area (TPSA) is 124 Å². The van der Waals surface area contributed by atoms with Crippen molar-refractivity contribution in [1.82, 2.24) is 25.2 Å². The molecule has 1 amide bonds. The van der Waals surface area contributed by atoms with E-state index in [1.165, 1.54) is 18.0 Å². The number of hydrogen-bond donors (Lipinski definition) is 2. The van der Waals surface area contributed by atoms with Crippen molar-refractivity contribution >= 4 is 23.4 Å². The molecule has 6 rings (SSSR count). The SMILES string of the molecule is O=C(Nc1cccc([C@H]2O[C@@H](CSc3nnnn3-c3ccccc3)C[C@@H](c3ccc(CO)cc3)O2)c1)c1cccnc1. The van der Waals surface area contributed by atoms with Crippen molar-refractivity contribution < 1.29 is 19.4 Å². The molecule has 1 aliphatic rings. The number of benzene rings is 3.